The van der Waals surface area contributed by atoms with Crippen molar-refractivity contribution in [2.75, 3.05) is 6.67 Å². The number of carboxylic acid groups (broad SMARTS) is 1. The van der Waals surface area contributed by atoms with Gasteiger partial charge < -0.3 is 20.1 Å². The SMILES string of the molecule is CC1(C)OB(C(N)CCCF)OC1(C)C.O=C(O)C(F)(F)F. The van der Waals surface area contributed by atoms with Gasteiger partial charge in [0.15, 0.2) is 0 Å². The summed E-state index contributed by atoms with van der Waals surface area (Å²) >= 11 is 0. The first-order chi connectivity index (χ1) is 9.74. The van der Waals surface area contributed by atoms with Crippen LogP contribution in [0.4, 0.5) is 17.6 Å². The van der Waals surface area contributed by atoms with Crippen molar-refractivity contribution in [3.8, 4) is 0 Å². The van der Waals surface area contributed by atoms with Crippen LogP contribution in [0, 0.1) is 0 Å². The van der Waals surface area contributed by atoms with Crippen molar-refractivity contribution < 1.29 is 36.8 Å². The number of hydrogen-bond acceptors (Lipinski definition) is 4. The number of carbonyl (C=O) groups is 1. The molecule has 5 nitrogen and oxygen atoms in total. The lowest BCUT2D eigenvalue weighted by Gasteiger charge is -2.32. The van der Waals surface area contributed by atoms with Gasteiger partial charge in [0.2, 0.25) is 0 Å². The monoisotopic (exact) mass is 331 g/mol. The van der Waals surface area contributed by atoms with Gasteiger partial charge in [-0.25, -0.2) is 4.79 Å². The van der Waals surface area contributed by atoms with E-state index in [2.05, 4.69) is 0 Å². The molecule has 130 valence electrons. The summed E-state index contributed by atoms with van der Waals surface area (Å²) in [7, 11) is -0.415. The Hall–Kier alpha value is -0.865. The van der Waals surface area contributed by atoms with Gasteiger partial charge in [0.1, 0.15) is 0 Å². The molecule has 0 radical (unpaired) electrons. The van der Waals surface area contributed by atoms with Crippen LogP contribution in [-0.4, -0.2) is 48.2 Å². The maximum absolute atomic E-state index is 12.0. The van der Waals surface area contributed by atoms with E-state index in [-0.39, 0.29) is 23.8 Å². The lowest BCUT2D eigenvalue weighted by molar-refractivity contribution is -0.192. The summed E-state index contributed by atoms with van der Waals surface area (Å²) in [5, 5.41) is 7.12. The van der Waals surface area contributed by atoms with Gasteiger partial charge in [-0.2, -0.15) is 13.2 Å². The maximum Gasteiger partial charge on any atom is 0.490 e. The average molecular weight is 331 g/mol. The Kier molecular flexibility index (Phi) is 7.31. The van der Waals surface area contributed by atoms with E-state index in [0.29, 0.717) is 12.8 Å². The van der Waals surface area contributed by atoms with Crippen LogP contribution in [0.2, 0.25) is 0 Å². The summed E-state index contributed by atoms with van der Waals surface area (Å²) in [5.41, 5.74) is 5.18. The molecule has 0 aromatic carbocycles. The summed E-state index contributed by atoms with van der Waals surface area (Å²) in [4.78, 5) is 8.90. The smallest absolute Gasteiger partial charge is 0.475 e. The molecule has 3 N–H and O–H groups in total. The number of hydrogen-bond donors (Lipinski definition) is 2. The molecule has 1 heterocycles. The van der Waals surface area contributed by atoms with Crippen LogP contribution in [-0.2, 0) is 14.1 Å². The van der Waals surface area contributed by atoms with E-state index < -0.39 is 19.3 Å². The molecule has 1 rings (SSSR count). The first kappa shape index (κ1) is 21.1. The lowest BCUT2D eigenvalue weighted by Crippen LogP contribution is -2.41. The minimum Gasteiger partial charge on any atom is -0.475 e. The molecule has 0 aliphatic carbocycles. The summed E-state index contributed by atoms with van der Waals surface area (Å²) < 4.78 is 55.2. The molecule has 0 bridgehead atoms. The normalized spacial score (nSPS) is 21.0. The van der Waals surface area contributed by atoms with Crippen LogP contribution in [0.25, 0.3) is 0 Å². The lowest BCUT2D eigenvalue weighted by atomic mass is 9.76. The summed E-state index contributed by atoms with van der Waals surface area (Å²) in [6, 6.07) is 0. The van der Waals surface area contributed by atoms with Crippen molar-refractivity contribution >= 4 is 13.1 Å². The highest BCUT2D eigenvalue weighted by Gasteiger charge is 2.52. The van der Waals surface area contributed by atoms with E-state index in [9.17, 15) is 17.6 Å². The van der Waals surface area contributed by atoms with Crippen molar-refractivity contribution in [1.29, 1.82) is 0 Å². The maximum atomic E-state index is 12.0. The zero-order valence-corrected chi connectivity index (χ0v) is 13.0. The van der Waals surface area contributed by atoms with Crippen LogP contribution in [0.15, 0.2) is 0 Å². The molecule has 1 saturated heterocycles. The van der Waals surface area contributed by atoms with E-state index in [1.165, 1.54) is 0 Å². The molecular weight excluding hydrogens is 309 g/mol. The van der Waals surface area contributed by atoms with Crippen LogP contribution in [0.3, 0.4) is 0 Å². The van der Waals surface area contributed by atoms with E-state index >= 15 is 0 Å². The third-order valence-corrected chi connectivity index (χ3v) is 3.53. The first-order valence-electron chi connectivity index (χ1n) is 6.72. The van der Waals surface area contributed by atoms with Crippen LogP contribution < -0.4 is 5.73 Å². The first-order valence-corrected chi connectivity index (χ1v) is 6.72. The van der Waals surface area contributed by atoms with Gasteiger partial charge >= 0.3 is 19.3 Å². The van der Waals surface area contributed by atoms with Gasteiger partial charge in [-0.3, -0.25) is 4.39 Å². The Morgan fingerprint density at radius 3 is 1.86 bits per heavy atom. The highest BCUT2D eigenvalue weighted by Crippen LogP contribution is 2.37. The van der Waals surface area contributed by atoms with Crippen molar-refractivity contribution in [1.82, 2.24) is 0 Å². The fourth-order valence-electron chi connectivity index (χ4n) is 1.51. The predicted octanol–water partition coefficient (Wildman–Crippen LogP) is 2.33. The Morgan fingerprint density at radius 1 is 1.23 bits per heavy atom. The minimum atomic E-state index is -5.08. The second-order valence-electron chi connectivity index (χ2n) is 5.92. The molecule has 0 saturated carbocycles. The molecule has 0 aromatic heterocycles. The number of aliphatic carboxylic acids is 1. The second kappa shape index (κ2) is 7.61. The highest BCUT2D eigenvalue weighted by molar-refractivity contribution is 6.47. The van der Waals surface area contributed by atoms with E-state index in [0.717, 1.165) is 0 Å². The highest BCUT2D eigenvalue weighted by atomic mass is 19.4. The third kappa shape index (κ3) is 6.09. The summed E-state index contributed by atoms with van der Waals surface area (Å²) in [6.07, 6.45) is -4.03. The molecule has 1 aliphatic heterocycles. The van der Waals surface area contributed by atoms with Crippen LogP contribution in [0.1, 0.15) is 40.5 Å². The fraction of sp³-hybridized carbons (Fsp3) is 0.917. The second-order valence-corrected chi connectivity index (χ2v) is 5.92. The van der Waals surface area contributed by atoms with Crippen molar-refractivity contribution in [2.24, 2.45) is 5.73 Å². The van der Waals surface area contributed by atoms with Gasteiger partial charge in [-0.05, 0) is 40.5 Å². The number of rotatable bonds is 4. The molecule has 0 spiro atoms. The van der Waals surface area contributed by atoms with Crippen LogP contribution >= 0.6 is 0 Å². The zero-order valence-electron chi connectivity index (χ0n) is 13.0. The van der Waals surface area contributed by atoms with Crippen molar-refractivity contribution in [3.05, 3.63) is 0 Å². The topological polar surface area (TPSA) is 81.8 Å². The molecule has 0 amide bonds. The number of halogens is 4. The number of carboxylic acids is 1. The number of nitrogens with two attached hydrogens (primary N) is 1. The largest absolute Gasteiger partial charge is 0.490 e. The van der Waals surface area contributed by atoms with Gasteiger partial charge in [-0.15, -0.1) is 0 Å². The molecule has 1 aliphatic rings. The van der Waals surface area contributed by atoms with Gasteiger partial charge in [0.25, 0.3) is 0 Å². The Bertz CT molecular complexity index is 361. The van der Waals surface area contributed by atoms with E-state index in [1.54, 1.807) is 0 Å². The molecule has 1 atom stereocenters. The van der Waals surface area contributed by atoms with Crippen molar-refractivity contribution in [3.63, 3.8) is 0 Å². The Morgan fingerprint density at radius 2 is 1.59 bits per heavy atom. The molecule has 1 fully saturated rings. The Balaban J connectivity index is 0.000000534. The van der Waals surface area contributed by atoms with E-state index in [4.69, 9.17) is 24.9 Å². The zero-order chi connectivity index (χ0) is 17.8. The average Bonchev–Trinajstić information content (AvgIpc) is 2.55. The van der Waals surface area contributed by atoms with E-state index in [1.807, 2.05) is 27.7 Å². The predicted molar refractivity (Wildman–Crippen MR) is 73.0 cm³/mol. The minimum absolute atomic E-state index is 0.248. The summed E-state index contributed by atoms with van der Waals surface area (Å²) in [5.74, 6) is -3.01. The summed E-state index contributed by atoms with van der Waals surface area (Å²) in [6.45, 7) is 7.58. The van der Waals surface area contributed by atoms with Crippen molar-refractivity contribution in [2.45, 2.75) is 63.9 Å². The molecule has 0 aromatic rings. The fourth-order valence-corrected chi connectivity index (χ4v) is 1.51. The standard InChI is InChI=1S/C10H21BFNO2.C2HF3O2/c1-9(2)10(3,4)15-11(14-9)8(13)6-5-7-12;3-2(4,5)1(6)7/h8H,5-7,13H2,1-4H3;(H,6,7). The molecule has 1 unspecified atom stereocenters. The van der Waals surface area contributed by atoms with Gasteiger partial charge in [-0.1, -0.05) is 0 Å². The van der Waals surface area contributed by atoms with Gasteiger partial charge in [0, 0.05) is 5.94 Å². The third-order valence-electron chi connectivity index (χ3n) is 3.53. The Labute approximate surface area is 127 Å². The van der Waals surface area contributed by atoms with Gasteiger partial charge in [0.05, 0.1) is 17.9 Å². The molecule has 10 heteroatoms. The molecular formula is C12H22BF4NO4. The quantitative estimate of drug-likeness (QED) is 0.610. The van der Waals surface area contributed by atoms with Crippen LogP contribution in [0.5, 0.6) is 0 Å². The molecule has 22 heavy (non-hydrogen) atoms. The number of alkyl halides is 4.